The van der Waals surface area contributed by atoms with Crippen LogP contribution in [0.5, 0.6) is 0 Å². The van der Waals surface area contributed by atoms with E-state index in [2.05, 4.69) is 10.3 Å². The highest BCUT2D eigenvalue weighted by molar-refractivity contribution is 5.94. The second kappa shape index (κ2) is 7.58. The summed E-state index contributed by atoms with van der Waals surface area (Å²) in [6.07, 6.45) is 11.1. The number of pyridine rings is 1. The Hall–Kier alpha value is -2.41. The smallest absolute Gasteiger partial charge is 0.274 e. The van der Waals surface area contributed by atoms with E-state index in [-0.39, 0.29) is 17.2 Å². The lowest BCUT2D eigenvalue weighted by atomic mass is 9.49. The molecule has 0 aromatic carbocycles. The number of β-amino-alcohol motifs (C(OH)–C–C–N with tert-alkyl or cyclic N) is 1. The van der Waals surface area contributed by atoms with Gasteiger partial charge >= 0.3 is 0 Å². The molecule has 2 N–H and O–H groups in total. The van der Waals surface area contributed by atoms with Gasteiger partial charge in [0.15, 0.2) is 0 Å². The quantitative estimate of drug-likeness (QED) is 0.768. The van der Waals surface area contributed by atoms with E-state index in [1.54, 1.807) is 15.5 Å². The molecule has 1 atom stereocenters. The predicted molar refractivity (Wildman–Crippen MR) is 120 cm³/mol. The number of hydrogen-bond donors (Lipinski definition) is 2. The zero-order valence-corrected chi connectivity index (χ0v) is 18.5. The third-order valence-electron chi connectivity index (χ3n) is 8.36. The summed E-state index contributed by atoms with van der Waals surface area (Å²) in [6.45, 7) is 0.986. The van der Waals surface area contributed by atoms with E-state index in [1.165, 1.54) is 38.5 Å². The van der Waals surface area contributed by atoms with Crippen LogP contribution in [0.25, 0.3) is 5.65 Å². The summed E-state index contributed by atoms with van der Waals surface area (Å²) >= 11 is 0. The van der Waals surface area contributed by atoms with E-state index < -0.39 is 6.10 Å². The van der Waals surface area contributed by atoms with Crippen LogP contribution in [0.1, 0.15) is 68.3 Å². The monoisotopic (exact) mass is 436 g/mol. The van der Waals surface area contributed by atoms with Crippen molar-refractivity contribution < 1.29 is 14.7 Å². The first-order valence-electron chi connectivity index (χ1n) is 12.2. The first kappa shape index (κ1) is 20.2. The van der Waals surface area contributed by atoms with Gasteiger partial charge in [0.05, 0.1) is 6.10 Å². The fourth-order valence-electron chi connectivity index (χ4n) is 7.55. The number of imidazole rings is 1. The van der Waals surface area contributed by atoms with Crippen LogP contribution in [0.15, 0.2) is 24.4 Å². The summed E-state index contributed by atoms with van der Waals surface area (Å²) in [7, 11) is 0. The predicted octanol–water partition coefficient (Wildman–Crippen LogP) is 3.48. The Kier molecular flexibility index (Phi) is 4.79. The number of rotatable bonds is 4. The van der Waals surface area contributed by atoms with Crippen LogP contribution in [0.3, 0.4) is 0 Å². The van der Waals surface area contributed by atoms with Gasteiger partial charge in [0.1, 0.15) is 17.2 Å². The molecule has 2 amide bonds. The summed E-state index contributed by atoms with van der Waals surface area (Å²) in [6, 6.07) is 5.57. The van der Waals surface area contributed by atoms with Gasteiger partial charge in [-0.05, 0) is 86.7 Å². The van der Waals surface area contributed by atoms with Gasteiger partial charge in [0, 0.05) is 25.7 Å². The molecule has 7 nitrogen and oxygen atoms in total. The molecule has 5 fully saturated rings. The van der Waals surface area contributed by atoms with E-state index in [0.29, 0.717) is 36.7 Å². The van der Waals surface area contributed by atoms with Crippen molar-refractivity contribution in [3.05, 3.63) is 30.1 Å². The van der Waals surface area contributed by atoms with Crippen molar-refractivity contribution in [2.24, 2.45) is 23.2 Å². The molecule has 32 heavy (non-hydrogen) atoms. The molecular weight excluding hydrogens is 404 g/mol. The van der Waals surface area contributed by atoms with Crippen LogP contribution in [0.2, 0.25) is 0 Å². The number of nitrogens with zero attached hydrogens (tertiary/aromatic N) is 3. The molecule has 4 saturated carbocycles. The minimum absolute atomic E-state index is 0.0696. The van der Waals surface area contributed by atoms with Crippen molar-refractivity contribution in [2.45, 2.75) is 63.9 Å². The number of carbonyl (C=O) groups excluding carboxylic acids is 2. The summed E-state index contributed by atoms with van der Waals surface area (Å²) in [4.78, 5) is 32.2. The van der Waals surface area contributed by atoms with E-state index >= 15 is 0 Å². The molecular formula is C25H32N4O3. The van der Waals surface area contributed by atoms with Gasteiger partial charge in [-0.3, -0.25) is 14.0 Å². The van der Waals surface area contributed by atoms with Crippen molar-refractivity contribution in [3.63, 3.8) is 0 Å². The summed E-state index contributed by atoms with van der Waals surface area (Å²) in [5, 5.41) is 13.0. The van der Waals surface area contributed by atoms with Gasteiger partial charge in [-0.2, -0.15) is 0 Å². The van der Waals surface area contributed by atoms with Crippen LogP contribution in [0.4, 0.5) is 5.82 Å². The Labute approximate surface area is 188 Å². The van der Waals surface area contributed by atoms with Crippen LogP contribution < -0.4 is 5.32 Å². The Balaban J connectivity index is 1.19. The fourth-order valence-corrected chi connectivity index (χ4v) is 7.55. The number of aliphatic hydroxyl groups excluding tert-OH is 1. The molecule has 7 heteroatoms. The first-order valence-corrected chi connectivity index (χ1v) is 12.2. The second-order valence-corrected chi connectivity index (χ2v) is 11.0. The molecule has 4 bridgehead atoms. The number of fused-ring (bicyclic) bond motifs is 1. The molecule has 0 spiro atoms. The van der Waals surface area contributed by atoms with Crippen LogP contribution in [-0.2, 0) is 4.79 Å². The molecule has 4 aliphatic carbocycles. The Morgan fingerprint density at radius 3 is 2.53 bits per heavy atom. The molecule has 3 heterocycles. The maximum Gasteiger partial charge on any atom is 0.274 e. The number of anilines is 1. The molecule has 1 saturated heterocycles. The highest BCUT2D eigenvalue weighted by atomic mass is 16.3. The van der Waals surface area contributed by atoms with Gasteiger partial charge in [-0.25, -0.2) is 4.98 Å². The molecule has 2 aromatic rings. The van der Waals surface area contributed by atoms with Gasteiger partial charge < -0.3 is 15.3 Å². The van der Waals surface area contributed by atoms with Crippen molar-refractivity contribution in [3.8, 4) is 0 Å². The number of likely N-dealkylation sites (tertiary alicyclic amines) is 1. The second-order valence-electron chi connectivity index (χ2n) is 11.0. The molecule has 5 aliphatic rings. The van der Waals surface area contributed by atoms with Crippen molar-refractivity contribution >= 4 is 23.3 Å². The van der Waals surface area contributed by atoms with Crippen molar-refractivity contribution in [1.29, 1.82) is 0 Å². The van der Waals surface area contributed by atoms with Gasteiger partial charge in [-0.1, -0.05) is 6.07 Å². The number of aromatic nitrogens is 2. The fraction of sp³-hybridized carbons (Fsp3) is 0.640. The van der Waals surface area contributed by atoms with E-state index in [4.69, 9.17) is 0 Å². The highest BCUT2D eigenvalue weighted by Crippen LogP contribution is 2.61. The van der Waals surface area contributed by atoms with Crippen LogP contribution >= 0.6 is 0 Å². The maximum absolute atomic E-state index is 13.1. The zero-order chi connectivity index (χ0) is 21.9. The average molecular weight is 437 g/mol. The summed E-state index contributed by atoms with van der Waals surface area (Å²) in [5.74, 6) is 3.04. The normalized spacial score (nSPS) is 33.6. The minimum Gasteiger partial charge on any atom is -0.391 e. The lowest BCUT2D eigenvalue weighted by Gasteiger charge is -2.56. The number of amides is 2. The number of carbonyl (C=O) groups is 2. The maximum atomic E-state index is 13.1. The number of aliphatic hydroxyl groups is 1. The van der Waals surface area contributed by atoms with Gasteiger partial charge in [-0.15, -0.1) is 0 Å². The average Bonchev–Trinajstić information content (AvgIpc) is 3.17. The van der Waals surface area contributed by atoms with Gasteiger partial charge in [0.25, 0.3) is 5.91 Å². The third kappa shape index (κ3) is 3.60. The largest absolute Gasteiger partial charge is 0.391 e. The Morgan fingerprint density at radius 2 is 1.84 bits per heavy atom. The molecule has 170 valence electrons. The topological polar surface area (TPSA) is 86.9 Å². The van der Waals surface area contributed by atoms with Gasteiger partial charge in [0.2, 0.25) is 5.91 Å². The van der Waals surface area contributed by atoms with E-state index in [1.807, 2.05) is 18.2 Å². The molecule has 2 aromatic heterocycles. The van der Waals surface area contributed by atoms with Crippen molar-refractivity contribution in [1.82, 2.24) is 14.3 Å². The number of hydrogen-bond acceptors (Lipinski definition) is 4. The number of nitrogens with one attached hydrogen (secondary N) is 1. The highest BCUT2D eigenvalue weighted by Gasteiger charge is 2.51. The Bertz CT molecular complexity index is 1030. The summed E-state index contributed by atoms with van der Waals surface area (Å²) < 4.78 is 1.80. The van der Waals surface area contributed by atoms with E-state index in [9.17, 15) is 14.7 Å². The van der Waals surface area contributed by atoms with Crippen LogP contribution in [0, 0.1) is 23.2 Å². The number of piperidine rings is 1. The molecule has 7 rings (SSSR count). The standard InChI is InChI=1S/C25H32N4O3/c30-19-3-2-6-28(14-19)24(32)20-15-29-21(26-20)4-1-5-22(29)27-23(31)13-25-10-16-7-17(11-25)9-18(8-16)12-25/h1,4-5,15-19,30H,2-3,6-14H2,(H,27,31). The Morgan fingerprint density at radius 1 is 1.12 bits per heavy atom. The van der Waals surface area contributed by atoms with Crippen LogP contribution in [-0.4, -0.2) is 50.4 Å². The lowest BCUT2D eigenvalue weighted by molar-refractivity contribution is -0.124. The van der Waals surface area contributed by atoms with Crippen molar-refractivity contribution in [2.75, 3.05) is 18.4 Å². The molecule has 1 unspecified atom stereocenters. The SMILES string of the molecule is O=C(CC12CC3CC(CC(C3)C1)C2)Nc1cccc2nc(C(=O)N3CCCC(O)C3)cn12. The minimum atomic E-state index is -0.468. The first-order chi connectivity index (χ1) is 15.5. The summed E-state index contributed by atoms with van der Waals surface area (Å²) in [5.41, 5.74) is 1.18. The molecule has 0 radical (unpaired) electrons. The lowest BCUT2D eigenvalue weighted by Crippen LogP contribution is -2.47. The molecule has 1 aliphatic heterocycles. The third-order valence-corrected chi connectivity index (χ3v) is 8.36. The van der Waals surface area contributed by atoms with E-state index in [0.717, 1.165) is 30.6 Å². The zero-order valence-electron chi connectivity index (χ0n) is 18.5.